The third-order valence-corrected chi connectivity index (χ3v) is 3.21. The van der Waals surface area contributed by atoms with E-state index in [-0.39, 0.29) is 24.4 Å². The lowest BCUT2D eigenvalue weighted by atomic mass is 10.3. The molecule has 0 spiro atoms. The largest absolute Gasteiger partial charge is 0.336 e. The topological polar surface area (TPSA) is 77.0 Å². The highest BCUT2D eigenvalue weighted by Gasteiger charge is 2.26. The molecule has 6 nitrogen and oxygen atoms in total. The van der Waals surface area contributed by atoms with Crippen LogP contribution in [0.15, 0.2) is 36.5 Å². The minimum absolute atomic E-state index is 0. The number of hydrogen-bond donors (Lipinski definition) is 1. The molecule has 0 radical (unpaired) electrons. The van der Waals surface area contributed by atoms with Gasteiger partial charge in [0.05, 0.1) is 11.9 Å². The second-order valence-corrected chi connectivity index (χ2v) is 4.65. The molecule has 2 aromatic rings. The Kier molecular flexibility index (Phi) is 4.36. The first-order valence-corrected chi connectivity index (χ1v) is 6.26. The minimum Gasteiger partial charge on any atom is -0.336 e. The summed E-state index contributed by atoms with van der Waals surface area (Å²) < 4.78 is 0. The van der Waals surface area contributed by atoms with Gasteiger partial charge in [0.25, 0.3) is 5.91 Å². The summed E-state index contributed by atoms with van der Waals surface area (Å²) in [5.41, 5.74) is 6.99. The Bertz CT molecular complexity index is 585. The predicted molar refractivity (Wildman–Crippen MR) is 77.1 cm³/mol. The average molecular weight is 294 g/mol. The molecule has 106 valence electrons. The lowest BCUT2D eigenvalue weighted by Gasteiger charge is -2.13. The van der Waals surface area contributed by atoms with E-state index in [4.69, 9.17) is 5.73 Å². The lowest BCUT2D eigenvalue weighted by molar-refractivity contribution is 0.0784. The summed E-state index contributed by atoms with van der Waals surface area (Å²) in [5.74, 6) is -0.102. The van der Waals surface area contributed by atoms with Gasteiger partial charge in [-0.25, -0.2) is 0 Å². The quantitative estimate of drug-likeness (QED) is 0.891. The summed E-state index contributed by atoms with van der Waals surface area (Å²) in [6, 6.07) is 9.58. The van der Waals surface area contributed by atoms with E-state index in [0.29, 0.717) is 18.8 Å². The fourth-order valence-electron chi connectivity index (χ4n) is 2.18. The van der Waals surface area contributed by atoms with Crippen molar-refractivity contribution in [3.63, 3.8) is 0 Å². The van der Waals surface area contributed by atoms with E-state index in [1.165, 1.54) is 11.0 Å². The second-order valence-electron chi connectivity index (χ2n) is 4.65. The summed E-state index contributed by atoms with van der Waals surface area (Å²) in [6.07, 6.45) is 2.34. The van der Waals surface area contributed by atoms with Gasteiger partial charge in [-0.1, -0.05) is 18.2 Å². The number of nitrogens with two attached hydrogens (primary N) is 1. The van der Waals surface area contributed by atoms with Crippen LogP contribution in [0.1, 0.15) is 16.9 Å². The smallest absolute Gasteiger partial charge is 0.276 e. The molecule has 1 aliphatic rings. The van der Waals surface area contributed by atoms with Gasteiger partial charge in [0.2, 0.25) is 0 Å². The van der Waals surface area contributed by atoms with Gasteiger partial charge in [0, 0.05) is 19.1 Å². The molecule has 7 heteroatoms. The van der Waals surface area contributed by atoms with Crippen LogP contribution in [0.25, 0.3) is 5.69 Å². The number of carbonyl (C=O) groups excluding carboxylic acids is 1. The van der Waals surface area contributed by atoms with Gasteiger partial charge in [0.1, 0.15) is 0 Å². The van der Waals surface area contributed by atoms with E-state index in [2.05, 4.69) is 10.2 Å². The zero-order chi connectivity index (χ0) is 13.2. The van der Waals surface area contributed by atoms with Crippen LogP contribution in [0.2, 0.25) is 0 Å². The highest BCUT2D eigenvalue weighted by atomic mass is 35.5. The average Bonchev–Trinajstić information content (AvgIpc) is 3.08. The highest BCUT2D eigenvalue weighted by Crippen LogP contribution is 2.11. The van der Waals surface area contributed by atoms with Crippen molar-refractivity contribution >= 4 is 18.3 Å². The van der Waals surface area contributed by atoms with Crippen LogP contribution >= 0.6 is 12.4 Å². The number of hydrogen-bond acceptors (Lipinski definition) is 4. The van der Waals surface area contributed by atoms with Crippen molar-refractivity contribution < 1.29 is 4.79 Å². The van der Waals surface area contributed by atoms with E-state index in [9.17, 15) is 4.79 Å². The van der Waals surface area contributed by atoms with Gasteiger partial charge < -0.3 is 10.6 Å². The summed E-state index contributed by atoms with van der Waals surface area (Å²) in [6.45, 7) is 1.29. The second kappa shape index (κ2) is 6.02. The SMILES string of the molecule is Cl.N[C@H]1CCN(C(=O)c2cnn(-c3ccccc3)n2)C1. The molecule has 0 unspecified atom stereocenters. The molecule has 1 aromatic carbocycles. The molecule has 1 aromatic heterocycles. The number of aromatic nitrogens is 3. The number of carbonyl (C=O) groups is 1. The molecule has 3 rings (SSSR count). The van der Waals surface area contributed by atoms with Crippen LogP contribution in [0.3, 0.4) is 0 Å². The Morgan fingerprint density at radius 1 is 1.30 bits per heavy atom. The standard InChI is InChI=1S/C13H15N5O.ClH/c14-10-6-7-17(9-10)13(19)12-8-15-18(16-12)11-4-2-1-3-5-11;/h1-5,8,10H,6-7,9,14H2;1H/t10-;/m0./s1. The van der Waals surface area contributed by atoms with Crippen LogP contribution in [0.5, 0.6) is 0 Å². The Labute approximate surface area is 123 Å². The summed E-state index contributed by atoms with van der Waals surface area (Å²) >= 11 is 0. The molecule has 1 atom stereocenters. The van der Waals surface area contributed by atoms with Crippen molar-refractivity contribution in [2.75, 3.05) is 13.1 Å². The van der Waals surface area contributed by atoms with Gasteiger partial charge in [-0.2, -0.15) is 9.90 Å². The first kappa shape index (κ1) is 14.5. The fraction of sp³-hybridized carbons (Fsp3) is 0.308. The number of rotatable bonds is 2. The lowest BCUT2D eigenvalue weighted by Crippen LogP contribution is -2.32. The van der Waals surface area contributed by atoms with Crippen molar-refractivity contribution in [3.8, 4) is 5.69 Å². The van der Waals surface area contributed by atoms with Crippen molar-refractivity contribution in [1.29, 1.82) is 0 Å². The third kappa shape index (κ3) is 2.81. The molecule has 0 aliphatic carbocycles. The summed E-state index contributed by atoms with van der Waals surface area (Å²) in [7, 11) is 0. The van der Waals surface area contributed by atoms with Gasteiger partial charge in [-0.3, -0.25) is 4.79 Å². The van der Waals surface area contributed by atoms with Crippen molar-refractivity contribution in [3.05, 3.63) is 42.2 Å². The Hall–Kier alpha value is -1.92. The number of benzene rings is 1. The minimum atomic E-state index is -0.102. The van der Waals surface area contributed by atoms with E-state index in [1.807, 2.05) is 30.3 Å². The van der Waals surface area contributed by atoms with Crippen LogP contribution in [0, 0.1) is 0 Å². The Morgan fingerprint density at radius 2 is 2.05 bits per heavy atom. The monoisotopic (exact) mass is 293 g/mol. The van der Waals surface area contributed by atoms with Crippen molar-refractivity contribution in [2.45, 2.75) is 12.5 Å². The number of likely N-dealkylation sites (tertiary alicyclic amines) is 1. The van der Waals surface area contributed by atoms with Crippen LogP contribution in [-0.4, -0.2) is 44.9 Å². The van der Waals surface area contributed by atoms with E-state index in [0.717, 1.165) is 12.1 Å². The molecular formula is C13H16ClN5O. The van der Waals surface area contributed by atoms with Crippen LogP contribution in [-0.2, 0) is 0 Å². The molecule has 0 bridgehead atoms. The van der Waals surface area contributed by atoms with Gasteiger partial charge in [0.15, 0.2) is 5.69 Å². The number of halogens is 1. The molecule has 1 saturated heterocycles. The van der Waals surface area contributed by atoms with E-state index < -0.39 is 0 Å². The van der Waals surface area contributed by atoms with Gasteiger partial charge >= 0.3 is 0 Å². The van der Waals surface area contributed by atoms with Gasteiger partial charge in [-0.15, -0.1) is 17.5 Å². The molecule has 1 fully saturated rings. The van der Waals surface area contributed by atoms with E-state index in [1.54, 1.807) is 4.90 Å². The maximum atomic E-state index is 12.2. The molecule has 0 saturated carbocycles. The normalized spacial score (nSPS) is 17.9. The van der Waals surface area contributed by atoms with E-state index >= 15 is 0 Å². The first-order chi connectivity index (χ1) is 9.24. The zero-order valence-corrected chi connectivity index (χ0v) is 11.7. The molecule has 2 heterocycles. The summed E-state index contributed by atoms with van der Waals surface area (Å²) in [4.78, 5) is 15.4. The Morgan fingerprint density at radius 3 is 2.70 bits per heavy atom. The van der Waals surface area contributed by atoms with Gasteiger partial charge in [-0.05, 0) is 18.6 Å². The Balaban J connectivity index is 0.00000147. The van der Waals surface area contributed by atoms with Crippen LogP contribution < -0.4 is 5.73 Å². The van der Waals surface area contributed by atoms with Crippen molar-refractivity contribution in [1.82, 2.24) is 19.9 Å². The third-order valence-electron chi connectivity index (χ3n) is 3.21. The molecular weight excluding hydrogens is 278 g/mol. The maximum Gasteiger partial charge on any atom is 0.276 e. The fourth-order valence-corrected chi connectivity index (χ4v) is 2.18. The predicted octanol–water partition coefficient (Wildman–Crippen LogP) is 0.862. The maximum absolute atomic E-state index is 12.2. The summed E-state index contributed by atoms with van der Waals surface area (Å²) in [5, 5.41) is 8.35. The molecule has 20 heavy (non-hydrogen) atoms. The zero-order valence-electron chi connectivity index (χ0n) is 10.8. The number of amides is 1. The number of para-hydroxylation sites is 1. The van der Waals surface area contributed by atoms with Crippen molar-refractivity contribution in [2.24, 2.45) is 5.73 Å². The molecule has 1 aliphatic heterocycles. The number of nitrogens with zero attached hydrogens (tertiary/aromatic N) is 4. The molecule has 1 amide bonds. The highest BCUT2D eigenvalue weighted by molar-refractivity contribution is 5.92. The van der Waals surface area contributed by atoms with Crippen LogP contribution in [0.4, 0.5) is 0 Å². The first-order valence-electron chi connectivity index (χ1n) is 6.26. The molecule has 2 N–H and O–H groups in total.